The molecule has 1 N–H and O–H groups in total. The Bertz CT molecular complexity index is 835. The predicted octanol–water partition coefficient (Wildman–Crippen LogP) is 4.18. The number of benzene rings is 2. The standard InChI is InChI=1S/C18H18N2O3/c1-11(2)22-15-7-5-14(6-8-15)20-18(21)13-4-9-16-17(10-13)23-12(3)19-16/h4-11H,1-3H3,(H,20,21). The summed E-state index contributed by atoms with van der Waals surface area (Å²) in [4.78, 5) is 16.5. The number of hydrogen-bond acceptors (Lipinski definition) is 4. The fraction of sp³-hybridized carbons (Fsp3) is 0.222. The van der Waals surface area contributed by atoms with Crippen LogP contribution in [0.1, 0.15) is 30.1 Å². The minimum atomic E-state index is -0.196. The monoisotopic (exact) mass is 310 g/mol. The first-order chi connectivity index (χ1) is 11.0. The van der Waals surface area contributed by atoms with Crippen molar-refractivity contribution >= 4 is 22.7 Å². The molecule has 0 fully saturated rings. The molecule has 5 heteroatoms. The molecule has 0 aliphatic carbocycles. The average Bonchev–Trinajstić information content (AvgIpc) is 2.87. The molecule has 1 aromatic heterocycles. The Kier molecular flexibility index (Phi) is 4.02. The average molecular weight is 310 g/mol. The molecule has 3 rings (SSSR count). The topological polar surface area (TPSA) is 64.4 Å². The molecule has 0 aliphatic rings. The van der Waals surface area contributed by atoms with Gasteiger partial charge in [0, 0.05) is 18.2 Å². The van der Waals surface area contributed by atoms with Crippen molar-refractivity contribution in [3.63, 3.8) is 0 Å². The van der Waals surface area contributed by atoms with Crippen molar-refractivity contribution in [3.05, 3.63) is 53.9 Å². The zero-order valence-corrected chi connectivity index (χ0v) is 13.3. The molecule has 0 atom stereocenters. The number of aromatic nitrogens is 1. The molecule has 0 aliphatic heterocycles. The number of oxazole rings is 1. The fourth-order valence-corrected chi connectivity index (χ4v) is 2.27. The van der Waals surface area contributed by atoms with Crippen molar-refractivity contribution in [2.45, 2.75) is 26.9 Å². The van der Waals surface area contributed by atoms with Crippen LogP contribution in [0, 0.1) is 6.92 Å². The van der Waals surface area contributed by atoms with Gasteiger partial charge in [-0.15, -0.1) is 0 Å². The van der Waals surface area contributed by atoms with Crippen molar-refractivity contribution < 1.29 is 13.9 Å². The number of anilines is 1. The highest BCUT2D eigenvalue weighted by atomic mass is 16.5. The van der Waals surface area contributed by atoms with Gasteiger partial charge in [0.1, 0.15) is 11.3 Å². The number of nitrogens with zero attached hydrogens (tertiary/aromatic N) is 1. The summed E-state index contributed by atoms with van der Waals surface area (Å²) in [6.45, 7) is 5.72. The van der Waals surface area contributed by atoms with Gasteiger partial charge in [-0.3, -0.25) is 4.79 Å². The number of hydrogen-bond donors (Lipinski definition) is 1. The zero-order chi connectivity index (χ0) is 16.4. The zero-order valence-electron chi connectivity index (χ0n) is 13.3. The molecule has 2 aromatic carbocycles. The van der Waals surface area contributed by atoms with Gasteiger partial charge in [-0.2, -0.15) is 0 Å². The van der Waals surface area contributed by atoms with Gasteiger partial charge in [-0.05, 0) is 56.3 Å². The number of fused-ring (bicyclic) bond motifs is 1. The van der Waals surface area contributed by atoms with E-state index >= 15 is 0 Å². The third-order valence-corrected chi connectivity index (χ3v) is 3.24. The molecule has 1 amide bonds. The van der Waals surface area contributed by atoms with Crippen molar-refractivity contribution in [2.24, 2.45) is 0 Å². The molecular formula is C18H18N2O3. The first-order valence-corrected chi connectivity index (χ1v) is 7.46. The van der Waals surface area contributed by atoms with Crippen molar-refractivity contribution in [1.82, 2.24) is 4.98 Å². The molecule has 5 nitrogen and oxygen atoms in total. The molecule has 0 radical (unpaired) electrons. The van der Waals surface area contributed by atoms with E-state index in [0.29, 0.717) is 22.7 Å². The number of nitrogens with one attached hydrogen (secondary N) is 1. The summed E-state index contributed by atoms with van der Waals surface area (Å²) in [6.07, 6.45) is 0.118. The molecular weight excluding hydrogens is 292 g/mol. The lowest BCUT2D eigenvalue weighted by molar-refractivity contribution is 0.102. The molecule has 0 spiro atoms. The molecule has 0 saturated heterocycles. The number of aryl methyl sites for hydroxylation is 1. The van der Waals surface area contributed by atoms with Crippen LogP contribution in [0.15, 0.2) is 46.9 Å². The summed E-state index contributed by atoms with van der Waals surface area (Å²) in [5.41, 5.74) is 2.58. The van der Waals surface area contributed by atoms with Gasteiger partial charge in [0.15, 0.2) is 11.5 Å². The Labute approximate surface area is 134 Å². The van der Waals surface area contributed by atoms with Gasteiger partial charge in [0.05, 0.1) is 6.10 Å². The lowest BCUT2D eigenvalue weighted by atomic mass is 10.2. The number of carbonyl (C=O) groups excluding carboxylic acids is 1. The van der Waals surface area contributed by atoms with E-state index in [1.54, 1.807) is 25.1 Å². The van der Waals surface area contributed by atoms with E-state index in [4.69, 9.17) is 9.15 Å². The van der Waals surface area contributed by atoms with E-state index in [2.05, 4.69) is 10.3 Å². The van der Waals surface area contributed by atoms with E-state index in [1.807, 2.05) is 38.1 Å². The number of carbonyl (C=O) groups is 1. The number of amides is 1. The van der Waals surface area contributed by atoms with Crippen molar-refractivity contribution in [1.29, 1.82) is 0 Å². The molecule has 1 heterocycles. The number of ether oxygens (including phenoxy) is 1. The minimum absolute atomic E-state index is 0.118. The third kappa shape index (κ3) is 3.51. The quantitative estimate of drug-likeness (QED) is 0.785. The minimum Gasteiger partial charge on any atom is -0.491 e. The highest BCUT2D eigenvalue weighted by Gasteiger charge is 2.10. The summed E-state index contributed by atoms with van der Waals surface area (Å²) < 4.78 is 11.0. The first kappa shape index (κ1) is 15.1. The Hall–Kier alpha value is -2.82. The Morgan fingerprint density at radius 2 is 1.91 bits per heavy atom. The maximum absolute atomic E-state index is 12.3. The fourth-order valence-electron chi connectivity index (χ4n) is 2.27. The van der Waals surface area contributed by atoms with Crippen molar-refractivity contribution in [2.75, 3.05) is 5.32 Å². The van der Waals surface area contributed by atoms with Crippen LogP contribution in [-0.2, 0) is 0 Å². The van der Waals surface area contributed by atoms with Crippen LogP contribution < -0.4 is 10.1 Å². The molecule has 0 unspecified atom stereocenters. The normalized spacial score (nSPS) is 11.0. The van der Waals surface area contributed by atoms with Crippen LogP contribution in [-0.4, -0.2) is 17.0 Å². The van der Waals surface area contributed by atoms with Gasteiger partial charge in [-0.1, -0.05) is 0 Å². The van der Waals surface area contributed by atoms with Crippen LogP contribution in [0.5, 0.6) is 5.75 Å². The lowest BCUT2D eigenvalue weighted by Gasteiger charge is -2.10. The predicted molar refractivity (Wildman–Crippen MR) is 88.9 cm³/mol. The summed E-state index contributed by atoms with van der Waals surface area (Å²) in [5, 5.41) is 2.85. The van der Waals surface area contributed by atoms with Gasteiger partial charge >= 0.3 is 0 Å². The molecule has 23 heavy (non-hydrogen) atoms. The smallest absolute Gasteiger partial charge is 0.255 e. The van der Waals surface area contributed by atoms with Crippen LogP contribution in [0.3, 0.4) is 0 Å². The van der Waals surface area contributed by atoms with Crippen LogP contribution in [0.25, 0.3) is 11.1 Å². The van der Waals surface area contributed by atoms with Crippen molar-refractivity contribution in [3.8, 4) is 5.75 Å². The van der Waals surface area contributed by atoms with E-state index in [0.717, 1.165) is 11.3 Å². The van der Waals surface area contributed by atoms with E-state index < -0.39 is 0 Å². The molecule has 0 saturated carbocycles. The second-order valence-corrected chi connectivity index (χ2v) is 5.56. The second kappa shape index (κ2) is 6.12. The van der Waals surface area contributed by atoms with Crippen LogP contribution in [0.4, 0.5) is 5.69 Å². The highest BCUT2D eigenvalue weighted by molar-refractivity contribution is 6.05. The van der Waals surface area contributed by atoms with Gasteiger partial charge < -0.3 is 14.5 Å². The maximum atomic E-state index is 12.3. The second-order valence-electron chi connectivity index (χ2n) is 5.56. The van der Waals surface area contributed by atoms with E-state index in [1.165, 1.54) is 0 Å². The molecule has 3 aromatic rings. The van der Waals surface area contributed by atoms with Gasteiger partial charge in [0.2, 0.25) is 0 Å². The van der Waals surface area contributed by atoms with Gasteiger partial charge in [0.25, 0.3) is 5.91 Å². The number of rotatable bonds is 4. The SMILES string of the molecule is Cc1nc2ccc(C(=O)Nc3ccc(OC(C)C)cc3)cc2o1. The Morgan fingerprint density at radius 1 is 1.17 bits per heavy atom. The highest BCUT2D eigenvalue weighted by Crippen LogP contribution is 2.20. The van der Waals surface area contributed by atoms with Crippen LogP contribution >= 0.6 is 0 Å². The summed E-state index contributed by atoms with van der Waals surface area (Å²) >= 11 is 0. The van der Waals surface area contributed by atoms with E-state index in [9.17, 15) is 4.79 Å². The largest absolute Gasteiger partial charge is 0.491 e. The van der Waals surface area contributed by atoms with E-state index in [-0.39, 0.29) is 12.0 Å². The summed E-state index contributed by atoms with van der Waals surface area (Å²) in [5.74, 6) is 1.16. The Balaban J connectivity index is 1.74. The van der Waals surface area contributed by atoms with Gasteiger partial charge in [-0.25, -0.2) is 4.98 Å². The summed E-state index contributed by atoms with van der Waals surface area (Å²) in [7, 11) is 0. The first-order valence-electron chi connectivity index (χ1n) is 7.46. The molecule has 0 bridgehead atoms. The molecule has 118 valence electrons. The Morgan fingerprint density at radius 3 is 2.61 bits per heavy atom. The lowest BCUT2D eigenvalue weighted by Crippen LogP contribution is -2.11. The third-order valence-electron chi connectivity index (χ3n) is 3.24. The van der Waals surface area contributed by atoms with Crippen LogP contribution in [0.2, 0.25) is 0 Å². The summed E-state index contributed by atoms with van der Waals surface area (Å²) in [6, 6.07) is 12.5. The maximum Gasteiger partial charge on any atom is 0.255 e.